The molecule has 1 aromatic heterocycles. The van der Waals surface area contributed by atoms with Gasteiger partial charge < -0.3 is 10.3 Å². The normalized spacial score (nSPS) is 20.3. The molecule has 1 aliphatic carbocycles. The van der Waals surface area contributed by atoms with Crippen LogP contribution in [-0.4, -0.2) is 4.57 Å². The number of aryl methyl sites for hydroxylation is 2. The van der Waals surface area contributed by atoms with Gasteiger partial charge >= 0.3 is 0 Å². The average molecular weight is 282 g/mol. The largest absolute Gasteiger partial charge is 0.324 e. The van der Waals surface area contributed by atoms with Crippen LogP contribution in [-0.2, 0) is 12.8 Å². The van der Waals surface area contributed by atoms with Gasteiger partial charge in [-0.15, -0.1) is 0 Å². The Morgan fingerprint density at radius 3 is 2.71 bits per heavy atom. The van der Waals surface area contributed by atoms with E-state index in [1.54, 1.807) is 0 Å². The Labute approximate surface area is 128 Å². The topological polar surface area (TPSA) is 30.9 Å². The fourth-order valence-electron chi connectivity index (χ4n) is 3.81. The van der Waals surface area contributed by atoms with E-state index in [1.807, 2.05) is 0 Å². The minimum Gasteiger partial charge on any atom is -0.324 e. The summed E-state index contributed by atoms with van der Waals surface area (Å²) in [6.07, 6.45) is 3.22. The third-order valence-corrected chi connectivity index (χ3v) is 4.75. The van der Waals surface area contributed by atoms with Crippen molar-refractivity contribution in [2.24, 2.45) is 11.1 Å². The molecule has 0 bridgehead atoms. The van der Waals surface area contributed by atoms with E-state index in [1.165, 1.54) is 28.2 Å². The zero-order valence-corrected chi connectivity index (χ0v) is 13.6. The van der Waals surface area contributed by atoms with E-state index in [9.17, 15) is 0 Å². The molecular formula is C19H26N2. The Morgan fingerprint density at radius 2 is 2.00 bits per heavy atom. The lowest BCUT2D eigenvalue weighted by Gasteiger charge is -2.34. The van der Waals surface area contributed by atoms with Crippen LogP contribution in [0.2, 0.25) is 0 Å². The van der Waals surface area contributed by atoms with Gasteiger partial charge in [-0.25, -0.2) is 0 Å². The van der Waals surface area contributed by atoms with Gasteiger partial charge in [0.1, 0.15) is 0 Å². The molecule has 0 spiro atoms. The van der Waals surface area contributed by atoms with Crippen molar-refractivity contribution in [3.05, 3.63) is 52.8 Å². The SMILES string of the molecule is CCc1ccccc1-n1c(C)cc2c1CC(C)(C)CC2N. The standard InChI is InChI=1S/C19H26N2/c1-5-14-8-6-7-9-17(14)21-13(2)10-15-16(20)11-19(3,4)12-18(15)21/h6-10,16H,5,11-12,20H2,1-4H3. The van der Waals surface area contributed by atoms with Gasteiger partial charge in [0.2, 0.25) is 0 Å². The molecule has 2 aromatic rings. The van der Waals surface area contributed by atoms with Gasteiger partial charge in [-0.2, -0.15) is 0 Å². The van der Waals surface area contributed by atoms with Gasteiger partial charge in [0.25, 0.3) is 0 Å². The van der Waals surface area contributed by atoms with Crippen molar-refractivity contribution < 1.29 is 0 Å². The first-order valence-corrected chi connectivity index (χ1v) is 7.98. The number of nitrogens with zero attached hydrogens (tertiary/aromatic N) is 1. The molecule has 0 radical (unpaired) electrons. The number of rotatable bonds is 2. The number of fused-ring (bicyclic) bond motifs is 1. The maximum absolute atomic E-state index is 6.44. The molecule has 0 saturated heterocycles. The van der Waals surface area contributed by atoms with Gasteiger partial charge in [-0.05, 0) is 54.9 Å². The summed E-state index contributed by atoms with van der Waals surface area (Å²) in [5, 5.41) is 0. The maximum Gasteiger partial charge on any atom is 0.0487 e. The second kappa shape index (κ2) is 5.03. The first kappa shape index (κ1) is 14.4. The molecule has 2 nitrogen and oxygen atoms in total. The lowest BCUT2D eigenvalue weighted by molar-refractivity contribution is 0.278. The van der Waals surface area contributed by atoms with Gasteiger partial charge in [0.15, 0.2) is 0 Å². The molecule has 3 rings (SSSR count). The average Bonchev–Trinajstić information content (AvgIpc) is 2.74. The quantitative estimate of drug-likeness (QED) is 0.873. The van der Waals surface area contributed by atoms with Gasteiger partial charge in [0, 0.05) is 23.1 Å². The first-order valence-electron chi connectivity index (χ1n) is 7.98. The highest BCUT2D eigenvalue weighted by Gasteiger charge is 2.33. The van der Waals surface area contributed by atoms with Crippen LogP contribution in [0.15, 0.2) is 30.3 Å². The van der Waals surface area contributed by atoms with Gasteiger partial charge in [-0.3, -0.25) is 0 Å². The van der Waals surface area contributed by atoms with E-state index in [4.69, 9.17) is 5.73 Å². The van der Waals surface area contributed by atoms with Crippen LogP contribution in [0.4, 0.5) is 0 Å². The van der Waals surface area contributed by atoms with Crippen LogP contribution >= 0.6 is 0 Å². The monoisotopic (exact) mass is 282 g/mol. The summed E-state index contributed by atoms with van der Waals surface area (Å²) in [4.78, 5) is 0. The van der Waals surface area contributed by atoms with Crippen molar-refractivity contribution in [3.8, 4) is 5.69 Å². The van der Waals surface area contributed by atoms with E-state index in [-0.39, 0.29) is 11.5 Å². The predicted octanol–water partition coefficient (Wildman–Crippen LogP) is 4.32. The molecule has 0 fully saturated rings. The minimum atomic E-state index is 0.164. The summed E-state index contributed by atoms with van der Waals surface area (Å²) >= 11 is 0. The lowest BCUT2D eigenvalue weighted by Crippen LogP contribution is -2.30. The number of aromatic nitrogens is 1. The summed E-state index contributed by atoms with van der Waals surface area (Å²) in [7, 11) is 0. The third kappa shape index (κ3) is 2.42. The van der Waals surface area contributed by atoms with Crippen molar-refractivity contribution in [1.29, 1.82) is 0 Å². The molecule has 112 valence electrons. The van der Waals surface area contributed by atoms with Crippen molar-refractivity contribution in [2.45, 2.75) is 53.0 Å². The second-order valence-electron chi connectivity index (χ2n) is 7.16. The summed E-state index contributed by atoms with van der Waals surface area (Å²) < 4.78 is 2.44. The van der Waals surface area contributed by atoms with E-state index < -0.39 is 0 Å². The van der Waals surface area contributed by atoms with Crippen LogP contribution in [0.25, 0.3) is 5.69 Å². The molecule has 1 aromatic carbocycles. The van der Waals surface area contributed by atoms with Gasteiger partial charge in [0.05, 0.1) is 0 Å². The van der Waals surface area contributed by atoms with Crippen LogP contribution in [0, 0.1) is 12.3 Å². The van der Waals surface area contributed by atoms with Gasteiger partial charge in [-0.1, -0.05) is 39.0 Å². The number of hydrogen-bond donors (Lipinski definition) is 1. The highest BCUT2D eigenvalue weighted by molar-refractivity contribution is 5.48. The Bertz CT molecular complexity index is 664. The van der Waals surface area contributed by atoms with E-state index in [0.717, 1.165) is 19.3 Å². The summed E-state index contributed by atoms with van der Waals surface area (Å²) in [5.41, 5.74) is 13.5. The molecule has 2 heteroatoms. The summed E-state index contributed by atoms with van der Waals surface area (Å²) in [6.45, 7) is 9.08. The lowest BCUT2D eigenvalue weighted by atomic mass is 9.74. The Kier molecular flexibility index (Phi) is 3.45. The van der Waals surface area contributed by atoms with E-state index in [0.29, 0.717) is 0 Å². The third-order valence-electron chi connectivity index (χ3n) is 4.75. The molecule has 1 atom stereocenters. The van der Waals surface area contributed by atoms with Crippen LogP contribution in [0.3, 0.4) is 0 Å². The Balaban J connectivity index is 2.21. The molecule has 1 heterocycles. The first-order chi connectivity index (χ1) is 9.93. The van der Waals surface area contributed by atoms with Crippen LogP contribution in [0.5, 0.6) is 0 Å². The van der Waals surface area contributed by atoms with Crippen molar-refractivity contribution in [3.63, 3.8) is 0 Å². The molecule has 0 aliphatic heterocycles. The van der Waals surface area contributed by atoms with Crippen molar-refractivity contribution >= 4 is 0 Å². The zero-order chi connectivity index (χ0) is 15.2. The Hall–Kier alpha value is -1.54. The van der Waals surface area contributed by atoms with Crippen LogP contribution in [0.1, 0.15) is 55.7 Å². The highest BCUT2D eigenvalue weighted by atomic mass is 15.0. The number of hydrogen-bond acceptors (Lipinski definition) is 1. The number of nitrogens with two attached hydrogens (primary N) is 1. The molecule has 1 unspecified atom stereocenters. The van der Waals surface area contributed by atoms with E-state index >= 15 is 0 Å². The fraction of sp³-hybridized carbons (Fsp3) is 0.474. The predicted molar refractivity (Wildman–Crippen MR) is 88.9 cm³/mol. The molecule has 1 aliphatic rings. The highest BCUT2D eigenvalue weighted by Crippen LogP contribution is 2.42. The van der Waals surface area contributed by atoms with Crippen molar-refractivity contribution in [1.82, 2.24) is 4.57 Å². The number of para-hydroxylation sites is 1. The fourth-order valence-corrected chi connectivity index (χ4v) is 3.81. The van der Waals surface area contributed by atoms with Crippen molar-refractivity contribution in [2.75, 3.05) is 0 Å². The maximum atomic E-state index is 6.44. The molecule has 0 saturated carbocycles. The molecular weight excluding hydrogens is 256 g/mol. The Morgan fingerprint density at radius 1 is 1.29 bits per heavy atom. The smallest absolute Gasteiger partial charge is 0.0487 e. The van der Waals surface area contributed by atoms with Crippen LogP contribution < -0.4 is 5.73 Å². The molecule has 0 amide bonds. The zero-order valence-electron chi connectivity index (χ0n) is 13.6. The minimum absolute atomic E-state index is 0.164. The number of benzene rings is 1. The second-order valence-corrected chi connectivity index (χ2v) is 7.16. The van der Waals surface area contributed by atoms with E-state index in [2.05, 4.69) is 62.6 Å². The molecule has 2 N–H and O–H groups in total. The summed E-state index contributed by atoms with van der Waals surface area (Å²) in [5.74, 6) is 0. The summed E-state index contributed by atoms with van der Waals surface area (Å²) in [6, 6.07) is 11.2. The molecule has 21 heavy (non-hydrogen) atoms.